The summed E-state index contributed by atoms with van der Waals surface area (Å²) in [5, 5.41) is 0. The second kappa shape index (κ2) is 10.9. The third kappa shape index (κ3) is 8.03. The van der Waals surface area contributed by atoms with Crippen LogP contribution in [0.4, 0.5) is 0 Å². The molecule has 0 radical (unpaired) electrons. The van der Waals surface area contributed by atoms with Crippen molar-refractivity contribution in [3.8, 4) is 0 Å². The van der Waals surface area contributed by atoms with E-state index in [9.17, 15) is 0 Å². The molecule has 0 unspecified atom stereocenters. The number of hydrogen-bond acceptors (Lipinski definition) is 2. The molecular weight excluding hydrogens is 334 g/mol. The molecule has 4 saturated carbocycles. The summed E-state index contributed by atoms with van der Waals surface area (Å²) in [4.78, 5) is 1.27. The van der Waals surface area contributed by atoms with E-state index >= 15 is 0 Å². The van der Waals surface area contributed by atoms with Crippen LogP contribution in [0, 0.1) is 31.1 Å². The lowest BCUT2D eigenvalue weighted by Crippen LogP contribution is -2.48. The number of aryl methyl sites for hydroxylation is 2. The molecule has 4 aliphatic rings. The van der Waals surface area contributed by atoms with Gasteiger partial charge in [-0.1, -0.05) is 81.8 Å². The lowest BCUT2D eigenvalue weighted by atomic mass is 9.46. The number of benzene rings is 1. The van der Waals surface area contributed by atoms with Gasteiger partial charge < -0.3 is 0 Å². The smallest absolute Gasteiger partial charge is 0.0409 e. The molecule has 2 bridgehead atoms. The van der Waals surface area contributed by atoms with E-state index < -0.39 is 0 Å². The van der Waals surface area contributed by atoms with Crippen molar-refractivity contribution in [3.63, 3.8) is 0 Å². The van der Waals surface area contributed by atoms with Gasteiger partial charge >= 0.3 is 0 Å². The standard InChI is InChI=1S/C7H14.C7H8.C6H10.C4H5NS/c2*1-7-5-3-2-4-6-7;1-6-2-5(3-6)4-6;1-4-2-3-5-6-4/h7H,2-6H2,1H3;2-6H,1H3;5H,2-4H2,1H3;2-3H,1H3. The second-order valence-electron chi connectivity index (χ2n) is 8.81. The van der Waals surface area contributed by atoms with E-state index in [4.69, 9.17) is 0 Å². The van der Waals surface area contributed by atoms with Crippen molar-refractivity contribution in [2.45, 2.75) is 79.1 Å². The monoisotopic (exact) mass is 371 g/mol. The molecule has 1 aromatic heterocycles. The first-order chi connectivity index (χ1) is 12.5. The molecule has 0 saturated heterocycles. The van der Waals surface area contributed by atoms with Crippen molar-refractivity contribution < 1.29 is 0 Å². The zero-order valence-corrected chi connectivity index (χ0v) is 18.0. The molecule has 1 heterocycles. The summed E-state index contributed by atoms with van der Waals surface area (Å²) in [6.45, 7) is 8.88. The van der Waals surface area contributed by atoms with Crippen molar-refractivity contribution >= 4 is 11.5 Å². The maximum Gasteiger partial charge on any atom is 0.0409 e. The SMILES string of the molecule is CC12CC(C1)C2.CC1CCCCC1.Cc1ccccc1.Cc1ccns1. The summed E-state index contributed by atoms with van der Waals surface area (Å²) in [6, 6.07) is 12.3. The minimum atomic E-state index is 0.866. The summed E-state index contributed by atoms with van der Waals surface area (Å²) < 4.78 is 3.86. The summed E-state index contributed by atoms with van der Waals surface area (Å²) in [5.41, 5.74) is 2.19. The Bertz CT molecular complexity index is 567. The van der Waals surface area contributed by atoms with E-state index in [1.807, 2.05) is 31.2 Å². The van der Waals surface area contributed by atoms with Crippen LogP contribution in [0.3, 0.4) is 0 Å². The minimum Gasteiger partial charge on any atom is -0.201 e. The van der Waals surface area contributed by atoms with E-state index in [-0.39, 0.29) is 0 Å². The van der Waals surface area contributed by atoms with E-state index in [0.29, 0.717) is 0 Å². The van der Waals surface area contributed by atoms with Gasteiger partial charge in [0.2, 0.25) is 0 Å². The molecule has 1 aromatic carbocycles. The molecule has 2 aromatic rings. The van der Waals surface area contributed by atoms with Crippen LogP contribution in [-0.2, 0) is 0 Å². The maximum atomic E-state index is 3.86. The highest BCUT2D eigenvalue weighted by Crippen LogP contribution is 2.63. The van der Waals surface area contributed by atoms with Gasteiger partial charge in [0, 0.05) is 11.1 Å². The van der Waals surface area contributed by atoms with Gasteiger partial charge in [-0.2, -0.15) is 0 Å². The largest absolute Gasteiger partial charge is 0.201 e. The normalized spacial score (nSPS) is 25.6. The van der Waals surface area contributed by atoms with Crippen LogP contribution < -0.4 is 0 Å². The van der Waals surface area contributed by atoms with Crippen molar-refractivity contribution in [1.82, 2.24) is 4.37 Å². The van der Waals surface area contributed by atoms with Gasteiger partial charge in [-0.15, -0.1) is 0 Å². The van der Waals surface area contributed by atoms with Gasteiger partial charge in [-0.25, -0.2) is 4.37 Å². The minimum absolute atomic E-state index is 0.866. The third-order valence-electron chi connectivity index (χ3n) is 5.75. The highest BCUT2D eigenvalue weighted by Gasteiger charge is 2.52. The molecule has 26 heavy (non-hydrogen) atoms. The van der Waals surface area contributed by atoms with Gasteiger partial charge in [0.25, 0.3) is 0 Å². The molecule has 0 amide bonds. The maximum absolute atomic E-state index is 3.86. The predicted molar refractivity (Wildman–Crippen MR) is 116 cm³/mol. The fraction of sp³-hybridized carbons (Fsp3) is 0.625. The molecule has 0 aliphatic heterocycles. The van der Waals surface area contributed by atoms with Gasteiger partial charge in [0.05, 0.1) is 0 Å². The number of hydrogen-bond donors (Lipinski definition) is 0. The average molecular weight is 372 g/mol. The van der Waals surface area contributed by atoms with Crippen molar-refractivity contribution in [2.24, 2.45) is 17.3 Å². The van der Waals surface area contributed by atoms with E-state index in [1.165, 1.54) is 60.0 Å². The number of aromatic nitrogens is 1. The molecule has 4 aliphatic carbocycles. The summed E-state index contributed by atoms with van der Waals surface area (Å²) in [6.07, 6.45) is 13.9. The quantitative estimate of drug-likeness (QED) is 0.459. The molecule has 4 fully saturated rings. The Morgan fingerprint density at radius 3 is 1.69 bits per heavy atom. The lowest BCUT2D eigenvalue weighted by molar-refractivity contribution is -0.0882. The Balaban J connectivity index is 0.000000125. The predicted octanol–water partition coefficient (Wildman–Crippen LogP) is 7.84. The lowest BCUT2D eigenvalue weighted by Gasteiger charge is -2.60. The summed E-state index contributed by atoms with van der Waals surface area (Å²) in [7, 11) is 0. The number of rotatable bonds is 0. The van der Waals surface area contributed by atoms with Gasteiger partial charge in [-0.3, -0.25) is 0 Å². The van der Waals surface area contributed by atoms with Crippen molar-refractivity contribution in [2.75, 3.05) is 0 Å². The Morgan fingerprint density at radius 2 is 1.50 bits per heavy atom. The average Bonchev–Trinajstić information content (AvgIpc) is 3.06. The van der Waals surface area contributed by atoms with E-state index in [2.05, 4.69) is 37.3 Å². The zero-order valence-electron chi connectivity index (χ0n) is 17.2. The van der Waals surface area contributed by atoms with Gasteiger partial charge in [0.1, 0.15) is 0 Å². The van der Waals surface area contributed by atoms with Crippen LogP contribution in [0.1, 0.15) is 75.7 Å². The molecule has 1 nitrogen and oxygen atoms in total. The van der Waals surface area contributed by atoms with Crippen LogP contribution in [0.25, 0.3) is 0 Å². The van der Waals surface area contributed by atoms with Crippen molar-refractivity contribution in [1.29, 1.82) is 0 Å². The molecule has 0 atom stereocenters. The van der Waals surface area contributed by atoms with Gasteiger partial charge in [-0.05, 0) is 68.0 Å². The molecular formula is C24H37NS. The molecule has 0 spiro atoms. The second-order valence-corrected chi connectivity index (χ2v) is 9.85. The van der Waals surface area contributed by atoms with Crippen LogP contribution in [0.5, 0.6) is 0 Å². The van der Waals surface area contributed by atoms with Crippen LogP contribution >= 0.6 is 11.5 Å². The zero-order chi connectivity index (χ0) is 18.8. The third-order valence-corrected chi connectivity index (χ3v) is 6.40. The van der Waals surface area contributed by atoms with Gasteiger partial charge in [0.15, 0.2) is 0 Å². The fourth-order valence-electron chi connectivity index (χ4n) is 4.03. The molecule has 144 valence electrons. The molecule has 0 N–H and O–H groups in total. The Labute approximate surface area is 165 Å². The van der Waals surface area contributed by atoms with E-state index in [0.717, 1.165) is 11.3 Å². The molecule has 2 heteroatoms. The fourth-order valence-corrected chi connectivity index (χ4v) is 4.44. The first kappa shape index (κ1) is 21.2. The molecule has 6 rings (SSSR count). The Morgan fingerprint density at radius 1 is 0.923 bits per heavy atom. The topological polar surface area (TPSA) is 12.9 Å². The number of nitrogens with zero attached hydrogens (tertiary/aromatic N) is 1. The van der Waals surface area contributed by atoms with Crippen molar-refractivity contribution in [3.05, 3.63) is 53.0 Å². The highest BCUT2D eigenvalue weighted by atomic mass is 32.1. The highest BCUT2D eigenvalue weighted by molar-refractivity contribution is 7.05. The first-order valence-corrected chi connectivity index (χ1v) is 11.1. The first-order valence-electron chi connectivity index (χ1n) is 10.4. The summed E-state index contributed by atoms with van der Waals surface area (Å²) >= 11 is 1.53. The van der Waals surface area contributed by atoms with Crippen LogP contribution in [0.2, 0.25) is 0 Å². The Hall–Kier alpha value is -1.15. The van der Waals surface area contributed by atoms with E-state index in [1.54, 1.807) is 25.5 Å². The Kier molecular flexibility index (Phi) is 8.84. The summed E-state index contributed by atoms with van der Waals surface area (Å²) in [5.74, 6) is 2.21. The van der Waals surface area contributed by atoms with Crippen LogP contribution in [-0.4, -0.2) is 4.37 Å². The van der Waals surface area contributed by atoms with Crippen LogP contribution in [0.15, 0.2) is 42.6 Å².